The van der Waals surface area contributed by atoms with Gasteiger partial charge in [-0.3, -0.25) is 9.69 Å². The van der Waals surface area contributed by atoms with Crippen molar-refractivity contribution in [1.29, 1.82) is 0 Å². The molecule has 7 heteroatoms. The third-order valence-corrected chi connectivity index (χ3v) is 6.70. The number of nitrogens with one attached hydrogen (secondary N) is 1. The highest BCUT2D eigenvalue weighted by Gasteiger charge is 2.22. The van der Waals surface area contributed by atoms with Crippen LogP contribution in [-0.2, 0) is 0 Å². The number of carbonyl (C=O) groups is 1. The first kappa shape index (κ1) is 19.1. The molecule has 0 bridgehead atoms. The van der Waals surface area contributed by atoms with E-state index in [1.54, 1.807) is 11.3 Å². The summed E-state index contributed by atoms with van der Waals surface area (Å²) in [4.78, 5) is 21.8. The molecule has 1 fully saturated rings. The molecule has 3 aromatic rings. The Kier molecular flexibility index (Phi) is 6.04. The van der Waals surface area contributed by atoms with Gasteiger partial charge in [0.2, 0.25) is 0 Å². The minimum absolute atomic E-state index is 0.0903. The molecule has 2 aromatic heterocycles. The van der Waals surface area contributed by atoms with Crippen LogP contribution in [0.25, 0.3) is 10.6 Å². The predicted octanol–water partition coefficient (Wildman–Crippen LogP) is 3.81. The third kappa shape index (κ3) is 4.43. The van der Waals surface area contributed by atoms with Crippen LogP contribution in [0.15, 0.2) is 52.5 Å². The van der Waals surface area contributed by atoms with Crippen LogP contribution in [0.1, 0.15) is 17.4 Å². The van der Waals surface area contributed by atoms with E-state index in [1.807, 2.05) is 16.8 Å². The molecule has 3 heterocycles. The van der Waals surface area contributed by atoms with Gasteiger partial charge in [-0.05, 0) is 30.5 Å². The molecule has 1 aliphatic heterocycles. The van der Waals surface area contributed by atoms with Gasteiger partial charge in [-0.2, -0.15) is 11.3 Å². The zero-order valence-electron chi connectivity index (χ0n) is 15.9. The predicted molar refractivity (Wildman–Crippen MR) is 117 cm³/mol. The van der Waals surface area contributed by atoms with Gasteiger partial charge < -0.3 is 10.2 Å². The second kappa shape index (κ2) is 8.86. The molecule has 1 atom stereocenters. The highest BCUT2D eigenvalue weighted by molar-refractivity contribution is 7.14. The summed E-state index contributed by atoms with van der Waals surface area (Å²) in [5, 5.41) is 9.87. The number of rotatable bonds is 6. The van der Waals surface area contributed by atoms with Crippen molar-refractivity contribution in [2.24, 2.45) is 0 Å². The number of benzene rings is 1. The molecule has 28 heavy (non-hydrogen) atoms. The molecule has 1 aromatic carbocycles. The fraction of sp³-hybridized carbons (Fsp3) is 0.333. The van der Waals surface area contributed by atoms with E-state index < -0.39 is 0 Å². The van der Waals surface area contributed by atoms with Crippen molar-refractivity contribution in [1.82, 2.24) is 15.2 Å². The summed E-state index contributed by atoms with van der Waals surface area (Å²) in [6, 6.07) is 12.9. The summed E-state index contributed by atoms with van der Waals surface area (Å²) in [6.07, 6.45) is 0. The number of para-hydroxylation sites is 1. The van der Waals surface area contributed by atoms with E-state index in [0.717, 1.165) is 36.8 Å². The summed E-state index contributed by atoms with van der Waals surface area (Å²) in [6.45, 7) is 6.85. The zero-order chi connectivity index (χ0) is 19.3. The summed E-state index contributed by atoms with van der Waals surface area (Å²) >= 11 is 3.15. The van der Waals surface area contributed by atoms with Crippen molar-refractivity contribution in [3.8, 4) is 10.6 Å². The first-order chi connectivity index (χ1) is 13.7. The van der Waals surface area contributed by atoms with Crippen molar-refractivity contribution < 1.29 is 4.79 Å². The smallest absolute Gasteiger partial charge is 0.270 e. The molecule has 0 saturated carbocycles. The maximum absolute atomic E-state index is 12.5. The molecule has 0 radical (unpaired) electrons. The number of hydrogen-bond acceptors (Lipinski definition) is 6. The summed E-state index contributed by atoms with van der Waals surface area (Å²) in [5.74, 6) is -0.0903. The van der Waals surface area contributed by atoms with Gasteiger partial charge in [0.1, 0.15) is 10.7 Å². The maximum Gasteiger partial charge on any atom is 0.270 e. The number of piperazine rings is 1. The Bertz CT molecular complexity index is 886. The summed E-state index contributed by atoms with van der Waals surface area (Å²) in [5.41, 5.74) is 2.87. The van der Waals surface area contributed by atoms with Crippen molar-refractivity contribution >= 4 is 34.3 Å². The van der Waals surface area contributed by atoms with Gasteiger partial charge in [0.05, 0.1) is 0 Å². The molecule has 0 unspecified atom stereocenters. The third-order valence-electron chi connectivity index (χ3n) is 5.12. The van der Waals surface area contributed by atoms with Crippen LogP contribution in [0, 0.1) is 0 Å². The van der Waals surface area contributed by atoms with E-state index in [2.05, 4.69) is 62.7 Å². The molecule has 1 amide bonds. The highest BCUT2D eigenvalue weighted by atomic mass is 32.1. The number of thiophene rings is 1. The lowest BCUT2D eigenvalue weighted by Crippen LogP contribution is -2.52. The van der Waals surface area contributed by atoms with E-state index >= 15 is 0 Å². The Balaban J connectivity index is 1.25. The Hall–Kier alpha value is -2.22. The summed E-state index contributed by atoms with van der Waals surface area (Å²) in [7, 11) is 0. The molecule has 1 N–H and O–H groups in total. The lowest BCUT2D eigenvalue weighted by molar-refractivity contribution is 0.0930. The van der Waals surface area contributed by atoms with Gasteiger partial charge in [-0.1, -0.05) is 18.2 Å². The fourth-order valence-electron chi connectivity index (χ4n) is 3.42. The highest BCUT2D eigenvalue weighted by Crippen LogP contribution is 2.25. The Morgan fingerprint density at radius 3 is 2.64 bits per heavy atom. The van der Waals surface area contributed by atoms with Crippen molar-refractivity contribution in [3.63, 3.8) is 0 Å². The van der Waals surface area contributed by atoms with Gasteiger partial charge in [-0.15, -0.1) is 11.3 Å². The topological polar surface area (TPSA) is 48.5 Å². The molecule has 1 saturated heterocycles. The number of aromatic nitrogens is 1. The zero-order valence-corrected chi connectivity index (χ0v) is 17.5. The minimum Gasteiger partial charge on any atom is -0.369 e. The Morgan fingerprint density at radius 1 is 1.14 bits per heavy atom. The lowest BCUT2D eigenvalue weighted by atomic mass is 10.2. The Morgan fingerprint density at radius 2 is 1.93 bits per heavy atom. The molecule has 0 aliphatic carbocycles. The van der Waals surface area contributed by atoms with Crippen molar-refractivity contribution in [3.05, 3.63) is 58.2 Å². The number of amides is 1. The van der Waals surface area contributed by atoms with Crippen molar-refractivity contribution in [2.75, 3.05) is 37.6 Å². The normalized spacial score (nSPS) is 16.1. The second-order valence-corrected chi connectivity index (χ2v) is 8.61. The van der Waals surface area contributed by atoms with E-state index in [1.165, 1.54) is 17.0 Å². The van der Waals surface area contributed by atoms with Gasteiger partial charge in [0.25, 0.3) is 5.91 Å². The van der Waals surface area contributed by atoms with Gasteiger partial charge in [0.15, 0.2) is 0 Å². The molecule has 5 nitrogen and oxygen atoms in total. The van der Waals surface area contributed by atoms with E-state index in [4.69, 9.17) is 0 Å². The van der Waals surface area contributed by atoms with Crippen LogP contribution in [0.4, 0.5) is 5.69 Å². The minimum atomic E-state index is -0.0903. The largest absolute Gasteiger partial charge is 0.369 e. The maximum atomic E-state index is 12.5. The first-order valence-electron chi connectivity index (χ1n) is 9.51. The monoisotopic (exact) mass is 412 g/mol. The van der Waals surface area contributed by atoms with Crippen molar-refractivity contribution in [2.45, 2.75) is 13.0 Å². The fourth-order valence-corrected chi connectivity index (χ4v) is 4.93. The lowest BCUT2D eigenvalue weighted by Gasteiger charge is -2.39. The molecule has 0 spiro atoms. The van der Waals surface area contributed by atoms with Crippen LogP contribution in [0.5, 0.6) is 0 Å². The first-order valence-corrected chi connectivity index (χ1v) is 11.3. The standard InChI is InChI=1S/C21H24N4OS2/c1-16(24-8-10-25(11-9-24)18-5-3-2-4-6-18)13-22-20(26)19-15-28-21(23-19)17-7-12-27-14-17/h2-7,12,14-16H,8-11,13H2,1H3,(H,22,26)/t16-/m1/s1. The second-order valence-electron chi connectivity index (χ2n) is 6.97. The van der Waals surface area contributed by atoms with Gasteiger partial charge in [0, 0.05) is 60.8 Å². The number of hydrogen-bond donors (Lipinski definition) is 1. The number of carbonyl (C=O) groups excluding carboxylic acids is 1. The number of nitrogens with zero attached hydrogens (tertiary/aromatic N) is 3. The van der Waals surface area contributed by atoms with Gasteiger partial charge in [-0.25, -0.2) is 4.98 Å². The SMILES string of the molecule is C[C@H](CNC(=O)c1csc(-c2ccsc2)n1)N1CCN(c2ccccc2)CC1. The molecule has 4 rings (SSSR count). The van der Waals surface area contributed by atoms with Crippen LogP contribution in [0.2, 0.25) is 0 Å². The van der Waals surface area contributed by atoms with E-state index in [-0.39, 0.29) is 5.91 Å². The quantitative estimate of drug-likeness (QED) is 0.669. The molecular formula is C21H24N4OS2. The molecule has 1 aliphatic rings. The number of thiazole rings is 1. The van der Waals surface area contributed by atoms with Crippen LogP contribution < -0.4 is 10.2 Å². The molecule has 146 valence electrons. The molecular weight excluding hydrogens is 388 g/mol. The van der Waals surface area contributed by atoms with E-state index in [0.29, 0.717) is 18.3 Å². The average molecular weight is 413 g/mol. The Labute approximate surface area is 173 Å². The number of anilines is 1. The van der Waals surface area contributed by atoms with Crippen LogP contribution >= 0.6 is 22.7 Å². The summed E-state index contributed by atoms with van der Waals surface area (Å²) < 4.78 is 0. The average Bonchev–Trinajstić information content (AvgIpc) is 3.44. The van der Waals surface area contributed by atoms with Gasteiger partial charge >= 0.3 is 0 Å². The van der Waals surface area contributed by atoms with Crippen LogP contribution in [0.3, 0.4) is 0 Å². The van der Waals surface area contributed by atoms with E-state index in [9.17, 15) is 4.79 Å². The van der Waals surface area contributed by atoms with Crippen LogP contribution in [-0.4, -0.2) is 54.6 Å².